The standard InChI is InChI=1S/C18H19N5O3/c1-26-16-10-4-13(5-11-16)3-2-12-22-18(25)23(21-20-22)15-8-6-14(7-9-15)17(19)24/h4-11H,2-3,12H2,1H3,(H2,19,24). The molecule has 8 nitrogen and oxygen atoms in total. The van der Waals surface area contributed by atoms with Crippen LogP contribution in [0.5, 0.6) is 5.75 Å². The van der Waals surface area contributed by atoms with Gasteiger partial charge in [0.15, 0.2) is 0 Å². The van der Waals surface area contributed by atoms with E-state index in [1.54, 1.807) is 31.4 Å². The summed E-state index contributed by atoms with van der Waals surface area (Å²) < 4.78 is 7.65. The number of aromatic nitrogens is 4. The Morgan fingerprint density at radius 3 is 2.38 bits per heavy atom. The fourth-order valence-electron chi connectivity index (χ4n) is 2.57. The fraction of sp³-hybridized carbons (Fsp3) is 0.222. The molecule has 0 bridgehead atoms. The maximum absolute atomic E-state index is 12.4. The van der Waals surface area contributed by atoms with Crippen LogP contribution in [0.2, 0.25) is 0 Å². The smallest absolute Gasteiger partial charge is 0.368 e. The molecule has 1 amide bonds. The van der Waals surface area contributed by atoms with Gasteiger partial charge in [-0.1, -0.05) is 12.1 Å². The number of nitrogens with zero attached hydrogens (tertiary/aromatic N) is 4. The lowest BCUT2D eigenvalue weighted by Gasteiger charge is -2.03. The largest absolute Gasteiger partial charge is 0.497 e. The number of primary amides is 1. The molecule has 0 fully saturated rings. The van der Waals surface area contributed by atoms with E-state index < -0.39 is 5.91 Å². The van der Waals surface area contributed by atoms with Crippen LogP contribution >= 0.6 is 0 Å². The molecule has 134 valence electrons. The Bertz CT molecular complexity index is 942. The van der Waals surface area contributed by atoms with E-state index in [2.05, 4.69) is 10.4 Å². The average molecular weight is 353 g/mol. The number of carbonyl (C=O) groups excluding carboxylic acids is 1. The summed E-state index contributed by atoms with van der Waals surface area (Å²) in [7, 11) is 1.63. The molecular weight excluding hydrogens is 334 g/mol. The third-order valence-electron chi connectivity index (χ3n) is 4.03. The predicted molar refractivity (Wildman–Crippen MR) is 95.5 cm³/mol. The highest BCUT2D eigenvalue weighted by Gasteiger charge is 2.09. The maximum Gasteiger partial charge on any atom is 0.368 e. The number of aryl methyl sites for hydroxylation is 2. The Labute approximate surface area is 149 Å². The van der Waals surface area contributed by atoms with Crippen LogP contribution in [0.3, 0.4) is 0 Å². The van der Waals surface area contributed by atoms with E-state index in [-0.39, 0.29) is 5.69 Å². The quantitative estimate of drug-likeness (QED) is 0.686. The van der Waals surface area contributed by atoms with Crippen LogP contribution in [0.15, 0.2) is 53.3 Å². The number of ether oxygens (including phenoxy) is 1. The number of rotatable bonds is 7. The lowest BCUT2D eigenvalue weighted by atomic mass is 10.1. The first-order chi connectivity index (χ1) is 12.6. The minimum atomic E-state index is -0.522. The molecule has 1 aromatic heterocycles. The molecule has 0 aliphatic heterocycles. The van der Waals surface area contributed by atoms with Gasteiger partial charge in [0.25, 0.3) is 0 Å². The molecule has 0 atom stereocenters. The molecule has 0 radical (unpaired) electrons. The molecule has 1 heterocycles. The van der Waals surface area contributed by atoms with E-state index in [0.717, 1.165) is 24.2 Å². The van der Waals surface area contributed by atoms with E-state index in [9.17, 15) is 9.59 Å². The number of hydrogen-bond acceptors (Lipinski definition) is 5. The fourth-order valence-corrected chi connectivity index (χ4v) is 2.57. The average Bonchev–Trinajstić information content (AvgIpc) is 3.03. The highest BCUT2D eigenvalue weighted by atomic mass is 16.5. The summed E-state index contributed by atoms with van der Waals surface area (Å²) in [6.07, 6.45) is 1.57. The molecule has 3 aromatic rings. The minimum absolute atomic E-state index is 0.327. The number of hydrogen-bond donors (Lipinski definition) is 1. The van der Waals surface area contributed by atoms with Gasteiger partial charge in [0, 0.05) is 12.1 Å². The second kappa shape index (κ2) is 7.64. The lowest BCUT2D eigenvalue weighted by Crippen LogP contribution is -2.24. The van der Waals surface area contributed by atoms with Gasteiger partial charge in [-0.2, -0.15) is 9.36 Å². The van der Waals surface area contributed by atoms with Gasteiger partial charge in [0.1, 0.15) is 5.75 Å². The Morgan fingerprint density at radius 1 is 1.08 bits per heavy atom. The summed E-state index contributed by atoms with van der Waals surface area (Å²) in [5.74, 6) is 0.293. The minimum Gasteiger partial charge on any atom is -0.497 e. The number of tetrazole rings is 1. The Hall–Kier alpha value is -3.42. The van der Waals surface area contributed by atoms with E-state index in [1.807, 2.05) is 24.3 Å². The molecule has 2 N–H and O–H groups in total. The van der Waals surface area contributed by atoms with E-state index in [1.165, 1.54) is 9.36 Å². The van der Waals surface area contributed by atoms with Gasteiger partial charge >= 0.3 is 5.69 Å². The molecule has 0 saturated heterocycles. The van der Waals surface area contributed by atoms with Crippen molar-refractivity contribution in [2.24, 2.45) is 5.73 Å². The third kappa shape index (κ3) is 3.80. The summed E-state index contributed by atoms with van der Waals surface area (Å²) in [5.41, 5.74) is 6.94. The molecule has 0 saturated carbocycles. The monoisotopic (exact) mass is 353 g/mol. The second-order valence-electron chi connectivity index (χ2n) is 5.76. The van der Waals surface area contributed by atoms with Crippen LogP contribution in [0.4, 0.5) is 0 Å². The molecule has 0 unspecified atom stereocenters. The summed E-state index contributed by atoms with van der Waals surface area (Å²) in [4.78, 5) is 23.5. The predicted octanol–water partition coefficient (Wildman–Crippen LogP) is 1.17. The zero-order chi connectivity index (χ0) is 18.5. The van der Waals surface area contributed by atoms with Crippen LogP contribution in [0.1, 0.15) is 22.3 Å². The molecule has 26 heavy (non-hydrogen) atoms. The maximum atomic E-state index is 12.4. The van der Waals surface area contributed by atoms with Gasteiger partial charge in [-0.15, -0.1) is 0 Å². The molecule has 0 aliphatic rings. The van der Waals surface area contributed by atoms with Gasteiger partial charge in [-0.25, -0.2) is 4.79 Å². The first kappa shape index (κ1) is 17.4. The molecule has 0 spiro atoms. The van der Waals surface area contributed by atoms with Gasteiger partial charge in [0.2, 0.25) is 5.91 Å². The van der Waals surface area contributed by atoms with Crippen molar-refractivity contribution in [3.05, 3.63) is 70.1 Å². The van der Waals surface area contributed by atoms with Crippen molar-refractivity contribution in [3.8, 4) is 11.4 Å². The summed E-state index contributed by atoms with van der Waals surface area (Å²) in [6, 6.07) is 14.1. The first-order valence-electron chi connectivity index (χ1n) is 8.14. The number of benzene rings is 2. The molecule has 3 rings (SSSR count). The van der Waals surface area contributed by atoms with E-state index >= 15 is 0 Å². The molecule has 2 aromatic carbocycles. The summed E-state index contributed by atoms with van der Waals surface area (Å²) >= 11 is 0. The second-order valence-corrected chi connectivity index (χ2v) is 5.76. The van der Waals surface area contributed by atoms with Crippen LogP contribution in [0, 0.1) is 0 Å². The van der Waals surface area contributed by atoms with Gasteiger partial charge in [-0.3, -0.25) is 4.79 Å². The van der Waals surface area contributed by atoms with Crippen molar-refractivity contribution in [3.63, 3.8) is 0 Å². The zero-order valence-electron chi connectivity index (χ0n) is 14.3. The lowest BCUT2D eigenvalue weighted by molar-refractivity contribution is 0.100. The van der Waals surface area contributed by atoms with Crippen LogP contribution < -0.4 is 16.2 Å². The zero-order valence-corrected chi connectivity index (χ0v) is 14.3. The van der Waals surface area contributed by atoms with Crippen molar-refractivity contribution in [1.29, 1.82) is 0 Å². The van der Waals surface area contributed by atoms with Gasteiger partial charge < -0.3 is 10.5 Å². The molecular formula is C18H19N5O3. The number of methoxy groups -OCH3 is 1. The van der Waals surface area contributed by atoms with Gasteiger partial charge in [0.05, 0.1) is 12.8 Å². The van der Waals surface area contributed by atoms with Crippen molar-refractivity contribution < 1.29 is 9.53 Å². The highest BCUT2D eigenvalue weighted by molar-refractivity contribution is 5.92. The van der Waals surface area contributed by atoms with Crippen molar-refractivity contribution in [2.45, 2.75) is 19.4 Å². The topological polar surface area (TPSA) is 105 Å². The van der Waals surface area contributed by atoms with Crippen LogP contribution in [-0.2, 0) is 13.0 Å². The van der Waals surface area contributed by atoms with E-state index in [4.69, 9.17) is 10.5 Å². The normalized spacial score (nSPS) is 10.7. The van der Waals surface area contributed by atoms with Crippen LogP contribution in [-0.4, -0.2) is 32.8 Å². The highest BCUT2D eigenvalue weighted by Crippen LogP contribution is 2.12. The Morgan fingerprint density at radius 2 is 1.77 bits per heavy atom. The molecule has 8 heteroatoms. The first-order valence-corrected chi connectivity index (χ1v) is 8.14. The SMILES string of the molecule is COc1ccc(CCCn2nnn(-c3ccc(C(N)=O)cc3)c2=O)cc1. The van der Waals surface area contributed by atoms with Crippen molar-refractivity contribution in [2.75, 3.05) is 7.11 Å². The summed E-state index contributed by atoms with van der Waals surface area (Å²) in [5, 5.41) is 7.81. The number of carbonyl (C=O) groups is 1. The van der Waals surface area contributed by atoms with Crippen LogP contribution in [0.25, 0.3) is 5.69 Å². The number of amides is 1. The van der Waals surface area contributed by atoms with Crippen molar-refractivity contribution in [1.82, 2.24) is 19.8 Å². The van der Waals surface area contributed by atoms with E-state index in [0.29, 0.717) is 17.8 Å². The van der Waals surface area contributed by atoms with Gasteiger partial charge in [-0.05, 0) is 65.2 Å². The van der Waals surface area contributed by atoms with Crippen molar-refractivity contribution >= 4 is 5.91 Å². The number of nitrogens with two attached hydrogens (primary N) is 1. The molecule has 0 aliphatic carbocycles. The Balaban J connectivity index is 1.65. The summed E-state index contributed by atoms with van der Waals surface area (Å²) in [6.45, 7) is 0.463. The third-order valence-corrected chi connectivity index (χ3v) is 4.03. The Kier molecular flexibility index (Phi) is 5.12.